The summed E-state index contributed by atoms with van der Waals surface area (Å²) in [7, 11) is 1.73. The highest BCUT2D eigenvalue weighted by Gasteiger charge is 2.25. The standard InChI is InChI=1S/C18H28FNO/c1-14-11-18(19)8-7-16(14)12-17(13-20-9-10-21-2)15-5-3-4-6-15/h7-8,11,15,17,20H,3-6,9-10,12-13H2,1-2H3. The van der Waals surface area contributed by atoms with Crippen LogP contribution in [0.5, 0.6) is 0 Å². The number of rotatable bonds is 8. The van der Waals surface area contributed by atoms with Crippen molar-refractivity contribution in [1.82, 2.24) is 5.32 Å². The van der Waals surface area contributed by atoms with Gasteiger partial charge in [0.25, 0.3) is 0 Å². The first-order valence-corrected chi connectivity index (χ1v) is 8.15. The molecule has 0 bridgehead atoms. The van der Waals surface area contributed by atoms with Gasteiger partial charge in [0.2, 0.25) is 0 Å². The van der Waals surface area contributed by atoms with Crippen LogP contribution in [0, 0.1) is 24.6 Å². The molecule has 1 saturated carbocycles. The molecule has 1 atom stereocenters. The van der Waals surface area contributed by atoms with Crippen LogP contribution in [-0.4, -0.2) is 26.8 Å². The summed E-state index contributed by atoms with van der Waals surface area (Å²) in [5.74, 6) is 1.32. The monoisotopic (exact) mass is 293 g/mol. The van der Waals surface area contributed by atoms with Crippen LogP contribution in [0.25, 0.3) is 0 Å². The van der Waals surface area contributed by atoms with Crippen LogP contribution < -0.4 is 5.32 Å². The quantitative estimate of drug-likeness (QED) is 0.738. The average molecular weight is 293 g/mol. The molecule has 0 heterocycles. The molecule has 0 saturated heterocycles. The largest absolute Gasteiger partial charge is 0.383 e. The summed E-state index contributed by atoms with van der Waals surface area (Å²) in [6.45, 7) is 4.71. The van der Waals surface area contributed by atoms with Gasteiger partial charge in [-0.25, -0.2) is 4.39 Å². The predicted molar refractivity (Wildman–Crippen MR) is 85.0 cm³/mol. The van der Waals surface area contributed by atoms with Crippen LogP contribution in [0.15, 0.2) is 18.2 Å². The van der Waals surface area contributed by atoms with Gasteiger partial charge in [0.1, 0.15) is 5.82 Å². The highest BCUT2D eigenvalue weighted by molar-refractivity contribution is 5.27. The summed E-state index contributed by atoms with van der Waals surface area (Å²) in [5.41, 5.74) is 2.37. The van der Waals surface area contributed by atoms with Gasteiger partial charge in [-0.15, -0.1) is 0 Å². The lowest BCUT2D eigenvalue weighted by Gasteiger charge is -2.25. The van der Waals surface area contributed by atoms with E-state index in [2.05, 4.69) is 5.32 Å². The molecule has 1 unspecified atom stereocenters. The van der Waals surface area contributed by atoms with Crippen molar-refractivity contribution in [3.8, 4) is 0 Å². The van der Waals surface area contributed by atoms with Crippen molar-refractivity contribution < 1.29 is 9.13 Å². The van der Waals surface area contributed by atoms with Gasteiger partial charge in [-0.1, -0.05) is 31.7 Å². The minimum absolute atomic E-state index is 0.133. The highest BCUT2D eigenvalue weighted by Crippen LogP contribution is 2.33. The third kappa shape index (κ3) is 5.08. The number of hydrogen-bond donors (Lipinski definition) is 1. The number of benzene rings is 1. The molecule has 2 nitrogen and oxygen atoms in total. The molecule has 0 aliphatic heterocycles. The third-order valence-electron chi connectivity index (χ3n) is 4.74. The Kier molecular flexibility index (Phi) is 6.65. The molecule has 118 valence electrons. The van der Waals surface area contributed by atoms with Crippen LogP contribution in [0.4, 0.5) is 4.39 Å². The molecule has 1 aliphatic carbocycles. The maximum Gasteiger partial charge on any atom is 0.123 e. The Balaban J connectivity index is 1.96. The van der Waals surface area contributed by atoms with Crippen LogP contribution >= 0.6 is 0 Å². The molecule has 1 aliphatic rings. The lowest BCUT2D eigenvalue weighted by Crippen LogP contribution is -2.31. The van der Waals surface area contributed by atoms with Crippen LogP contribution in [-0.2, 0) is 11.2 Å². The summed E-state index contributed by atoms with van der Waals surface area (Å²) in [6, 6.07) is 5.20. The molecular weight excluding hydrogens is 265 g/mol. The molecule has 2 rings (SSSR count). The van der Waals surface area contributed by atoms with E-state index in [0.29, 0.717) is 5.92 Å². The van der Waals surface area contributed by atoms with Crippen LogP contribution in [0.1, 0.15) is 36.8 Å². The molecule has 0 aromatic heterocycles. The number of halogens is 1. The van der Waals surface area contributed by atoms with E-state index in [1.54, 1.807) is 19.2 Å². The van der Waals surface area contributed by atoms with E-state index in [1.807, 2.05) is 13.0 Å². The van der Waals surface area contributed by atoms with Crippen molar-refractivity contribution in [3.63, 3.8) is 0 Å². The van der Waals surface area contributed by atoms with Crippen molar-refractivity contribution in [2.45, 2.75) is 39.0 Å². The Bertz CT molecular complexity index is 429. The minimum Gasteiger partial charge on any atom is -0.383 e. The molecule has 3 heteroatoms. The first kappa shape index (κ1) is 16.4. The third-order valence-corrected chi connectivity index (χ3v) is 4.74. The van der Waals surface area contributed by atoms with Gasteiger partial charge < -0.3 is 10.1 Å². The molecular formula is C18H28FNO. The fourth-order valence-electron chi connectivity index (χ4n) is 3.47. The second-order valence-electron chi connectivity index (χ2n) is 6.28. The van der Waals surface area contributed by atoms with Crippen molar-refractivity contribution in [2.24, 2.45) is 11.8 Å². The summed E-state index contributed by atoms with van der Waals surface area (Å²) >= 11 is 0. The summed E-state index contributed by atoms with van der Waals surface area (Å²) in [4.78, 5) is 0. The van der Waals surface area contributed by atoms with Gasteiger partial charge in [-0.05, 0) is 55.0 Å². The number of methoxy groups -OCH3 is 1. The predicted octanol–water partition coefficient (Wildman–Crippen LogP) is 3.72. The Morgan fingerprint density at radius 1 is 1.33 bits per heavy atom. The van der Waals surface area contributed by atoms with E-state index < -0.39 is 0 Å². The zero-order valence-corrected chi connectivity index (χ0v) is 13.3. The molecule has 1 aromatic carbocycles. The topological polar surface area (TPSA) is 21.3 Å². The average Bonchev–Trinajstić information content (AvgIpc) is 2.98. The molecule has 0 amide bonds. The van der Waals surface area contributed by atoms with Gasteiger partial charge >= 0.3 is 0 Å². The van der Waals surface area contributed by atoms with Gasteiger partial charge in [0.15, 0.2) is 0 Å². The SMILES string of the molecule is COCCNCC(Cc1ccc(F)cc1C)C1CCCC1. The van der Waals surface area contributed by atoms with E-state index in [0.717, 1.165) is 37.6 Å². The van der Waals surface area contributed by atoms with Gasteiger partial charge in [-0.3, -0.25) is 0 Å². The van der Waals surface area contributed by atoms with E-state index in [-0.39, 0.29) is 5.82 Å². The first-order valence-electron chi connectivity index (χ1n) is 8.15. The fraction of sp³-hybridized carbons (Fsp3) is 0.667. The molecule has 0 spiro atoms. The molecule has 0 radical (unpaired) electrons. The van der Waals surface area contributed by atoms with Crippen molar-refractivity contribution in [1.29, 1.82) is 0 Å². The van der Waals surface area contributed by atoms with Crippen molar-refractivity contribution in [3.05, 3.63) is 35.1 Å². The second kappa shape index (κ2) is 8.50. The molecule has 1 aromatic rings. The number of hydrogen-bond acceptors (Lipinski definition) is 2. The molecule has 21 heavy (non-hydrogen) atoms. The minimum atomic E-state index is -0.133. The normalized spacial score (nSPS) is 17.3. The lowest BCUT2D eigenvalue weighted by atomic mass is 9.84. The summed E-state index contributed by atoms with van der Waals surface area (Å²) in [5, 5.41) is 3.52. The maximum atomic E-state index is 13.2. The van der Waals surface area contributed by atoms with Crippen molar-refractivity contribution >= 4 is 0 Å². The fourth-order valence-corrected chi connectivity index (χ4v) is 3.47. The first-order chi connectivity index (χ1) is 10.2. The number of ether oxygens (including phenoxy) is 1. The number of nitrogens with one attached hydrogen (secondary N) is 1. The zero-order chi connectivity index (χ0) is 15.1. The summed E-state index contributed by atoms with van der Waals surface area (Å²) < 4.78 is 18.3. The highest BCUT2D eigenvalue weighted by atomic mass is 19.1. The van der Waals surface area contributed by atoms with Gasteiger partial charge in [0.05, 0.1) is 6.61 Å². The Morgan fingerprint density at radius 3 is 2.76 bits per heavy atom. The van der Waals surface area contributed by atoms with E-state index in [4.69, 9.17) is 4.74 Å². The number of aryl methyl sites for hydroxylation is 1. The van der Waals surface area contributed by atoms with Crippen molar-refractivity contribution in [2.75, 3.05) is 26.8 Å². The molecule has 1 fully saturated rings. The Labute approximate surface area is 128 Å². The van der Waals surface area contributed by atoms with E-state index >= 15 is 0 Å². The van der Waals surface area contributed by atoms with Gasteiger partial charge in [-0.2, -0.15) is 0 Å². The molecule has 1 N–H and O–H groups in total. The van der Waals surface area contributed by atoms with E-state index in [1.165, 1.54) is 31.2 Å². The second-order valence-corrected chi connectivity index (χ2v) is 6.28. The van der Waals surface area contributed by atoms with E-state index in [9.17, 15) is 4.39 Å². The Morgan fingerprint density at radius 2 is 2.10 bits per heavy atom. The zero-order valence-electron chi connectivity index (χ0n) is 13.3. The lowest BCUT2D eigenvalue weighted by molar-refractivity contribution is 0.195. The maximum absolute atomic E-state index is 13.2. The van der Waals surface area contributed by atoms with Crippen LogP contribution in [0.2, 0.25) is 0 Å². The summed E-state index contributed by atoms with van der Waals surface area (Å²) in [6.07, 6.45) is 6.47. The Hall–Kier alpha value is -0.930. The smallest absolute Gasteiger partial charge is 0.123 e. The van der Waals surface area contributed by atoms with Crippen LogP contribution in [0.3, 0.4) is 0 Å². The van der Waals surface area contributed by atoms with Gasteiger partial charge in [0, 0.05) is 13.7 Å².